The average molecular weight is 228 g/mol. The number of rotatable bonds is 6. The smallest absolute Gasteiger partial charge is 0.0599 e. The molecule has 1 atom stereocenters. The summed E-state index contributed by atoms with van der Waals surface area (Å²) in [4.78, 5) is 2.55. The van der Waals surface area contributed by atoms with Crippen LogP contribution in [0, 0.1) is 11.8 Å². The van der Waals surface area contributed by atoms with Crippen LogP contribution in [0.25, 0.3) is 0 Å². The minimum absolute atomic E-state index is 0.497. The summed E-state index contributed by atoms with van der Waals surface area (Å²) in [6, 6.07) is 0. The lowest BCUT2D eigenvalue weighted by molar-refractivity contribution is 0.00983. The van der Waals surface area contributed by atoms with Gasteiger partial charge in [-0.1, -0.05) is 13.8 Å². The lowest BCUT2D eigenvalue weighted by Crippen LogP contribution is -2.42. The number of hydrogen-bond acceptors (Lipinski definition) is 3. The molecule has 1 rings (SSSR count). The van der Waals surface area contributed by atoms with Crippen LogP contribution in [-0.2, 0) is 4.74 Å². The number of ether oxygens (including phenoxy) is 1. The molecule has 96 valence electrons. The molecule has 1 heterocycles. The van der Waals surface area contributed by atoms with Crippen molar-refractivity contribution in [1.82, 2.24) is 4.90 Å². The van der Waals surface area contributed by atoms with Gasteiger partial charge in [0.05, 0.1) is 6.10 Å². The van der Waals surface area contributed by atoms with E-state index in [9.17, 15) is 0 Å². The van der Waals surface area contributed by atoms with Crippen LogP contribution in [0.4, 0.5) is 0 Å². The molecule has 1 aliphatic rings. The Hall–Kier alpha value is -0.120. The van der Waals surface area contributed by atoms with Gasteiger partial charge in [-0.15, -0.1) is 0 Å². The molecule has 0 amide bonds. The fourth-order valence-corrected chi connectivity index (χ4v) is 2.38. The van der Waals surface area contributed by atoms with Gasteiger partial charge in [-0.2, -0.15) is 0 Å². The Morgan fingerprint density at radius 3 is 2.38 bits per heavy atom. The largest absolute Gasteiger partial charge is 0.378 e. The summed E-state index contributed by atoms with van der Waals surface area (Å²) < 4.78 is 5.66. The van der Waals surface area contributed by atoms with Gasteiger partial charge >= 0.3 is 0 Å². The monoisotopic (exact) mass is 228 g/mol. The topological polar surface area (TPSA) is 38.5 Å². The molecule has 0 bridgehead atoms. The predicted octanol–water partition coefficient (Wildman–Crippen LogP) is 1.72. The summed E-state index contributed by atoms with van der Waals surface area (Å²) in [7, 11) is 0. The lowest BCUT2D eigenvalue weighted by Gasteiger charge is -2.34. The summed E-state index contributed by atoms with van der Waals surface area (Å²) in [6.07, 6.45) is 2.86. The maximum absolute atomic E-state index is 5.81. The zero-order valence-corrected chi connectivity index (χ0v) is 11.1. The fraction of sp³-hybridized carbons (Fsp3) is 1.00. The highest BCUT2D eigenvalue weighted by Gasteiger charge is 2.22. The molecule has 0 aromatic heterocycles. The third kappa shape index (κ3) is 4.40. The van der Waals surface area contributed by atoms with Gasteiger partial charge in [0, 0.05) is 26.2 Å². The minimum Gasteiger partial charge on any atom is -0.378 e. The van der Waals surface area contributed by atoms with Crippen LogP contribution in [0.5, 0.6) is 0 Å². The highest BCUT2D eigenvalue weighted by molar-refractivity contribution is 4.76. The summed E-state index contributed by atoms with van der Waals surface area (Å²) in [6.45, 7) is 11.8. The van der Waals surface area contributed by atoms with Crippen LogP contribution < -0.4 is 5.73 Å². The van der Waals surface area contributed by atoms with Crippen molar-refractivity contribution in [2.24, 2.45) is 17.6 Å². The minimum atomic E-state index is 0.497. The zero-order chi connectivity index (χ0) is 12.0. The highest BCUT2D eigenvalue weighted by atomic mass is 16.5. The van der Waals surface area contributed by atoms with Gasteiger partial charge in [0.2, 0.25) is 0 Å². The van der Waals surface area contributed by atoms with Gasteiger partial charge in [-0.25, -0.2) is 0 Å². The molecule has 16 heavy (non-hydrogen) atoms. The Morgan fingerprint density at radius 1 is 1.31 bits per heavy atom. The van der Waals surface area contributed by atoms with E-state index in [0.717, 1.165) is 19.7 Å². The Kier molecular flexibility index (Phi) is 6.32. The molecule has 0 spiro atoms. The van der Waals surface area contributed by atoms with Crippen molar-refractivity contribution >= 4 is 0 Å². The van der Waals surface area contributed by atoms with E-state index < -0.39 is 0 Å². The average Bonchev–Trinajstić information content (AvgIpc) is 2.28. The van der Waals surface area contributed by atoms with Crippen molar-refractivity contribution in [2.75, 3.05) is 32.8 Å². The number of nitrogens with two attached hydrogens (primary N) is 1. The van der Waals surface area contributed by atoms with Gasteiger partial charge in [-0.05, 0) is 38.1 Å². The molecule has 3 nitrogen and oxygen atoms in total. The number of piperidine rings is 1. The van der Waals surface area contributed by atoms with Crippen molar-refractivity contribution < 1.29 is 4.74 Å². The first kappa shape index (κ1) is 13.9. The van der Waals surface area contributed by atoms with Crippen LogP contribution in [0.2, 0.25) is 0 Å². The van der Waals surface area contributed by atoms with E-state index in [1.54, 1.807) is 0 Å². The van der Waals surface area contributed by atoms with Crippen molar-refractivity contribution in [3.05, 3.63) is 0 Å². The predicted molar refractivity (Wildman–Crippen MR) is 68.5 cm³/mol. The van der Waals surface area contributed by atoms with Crippen LogP contribution in [-0.4, -0.2) is 43.8 Å². The maximum atomic E-state index is 5.81. The standard InChI is InChI=1S/C13H28N2O/c1-4-16-13-5-7-15(8-6-13)10-12(9-14)11(2)3/h11-13H,4-10,14H2,1-3H3. The van der Waals surface area contributed by atoms with E-state index in [4.69, 9.17) is 10.5 Å². The number of hydrogen-bond donors (Lipinski definition) is 1. The molecule has 0 aromatic rings. The lowest BCUT2D eigenvalue weighted by atomic mass is 9.94. The zero-order valence-electron chi connectivity index (χ0n) is 11.1. The second-order valence-corrected chi connectivity index (χ2v) is 5.20. The quantitative estimate of drug-likeness (QED) is 0.752. The molecular weight excluding hydrogens is 200 g/mol. The van der Waals surface area contributed by atoms with E-state index in [2.05, 4.69) is 25.7 Å². The van der Waals surface area contributed by atoms with Gasteiger partial charge in [0.25, 0.3) is 0 Å². The molecule has 3 heteroatoms. The summed E-state index contributed by atoms with van der Waals surface area (Å²) >= 11 is 0. The van der Waals surface area contributed by atoms with Crippen LogP contribution in [0.3, 0.4) is 0 Å². The van der Waals surface area contributed by atoms with Crippen LogP contribution in [0.15, 0.2) is 0 Å². The van der Waals surface area contributed by atoms with E-state index in [0.29, 0.717) is 17.9 Å². The van der Waals surface area contributed by atoms with Gasteiger partial charge < -0.3 is 15.4 Å². The van der Waals surface area contributed by atoms with Crippen molar-refractivity contribution in [3.8, 4) is 0 Å². The van der Waals surface area contributed by atoms with E-state index in [-0.39, 0.29) is 0 Å². The van der Waals surface area contributed by atoms with Crippen LogP contribution >= 0.6 is 0 Å². The Balaban J connectivity index is 2.25. The summed E-state index contributed by atoms with van der Waals surface area (Å²) in [5, 5.41) is 0. The van der Waals surface area contributed by atoms with Gasteiger partial charge in [-0.3, -0.25) is 0 Å². The highest BCUT2D eigenvalue weighted by Crippen LogP contribution is 2.17. The SMILES string of the molecule is CCOC1CCN(CC(CN)C(C)C)CC1. The Morgan fingerprint density at radius 2 is 1.94 bits per heavy atom. The molecule has 0 radical (unpaired) electrons. The van der Waals surface area contributed by atoms with Crippen LogP contribution in [0.1, 0.15) is 33.6 Å². The Bertz CT molecular complexity index is 177. The second-order valence-electron chi connectivity index (χ2n) is 5.20. The van der Waals surface area contributed by atoms with Gasteiger partial charge in [0.1, 0.15) is 0 Å². The third-order valence-electron chi connectivity index (χ3n) is 3.68. The summed E-state index contributed by atoms with van der Waals surface area (Å²) in [5.41, 5.74) is 5.81. The first-order valence-corrected chi connectivity index (χ1v) is 6.71. The van der Waals surface area contributed by atoms with E-state index in [1.807, 2.05) is 0 Å². The molecule has 1 aliphatic heterocycles. The fourth-order valence-electron chi connectivity index (χ4n) is 2.38. The van der Waals surface area contributed by atoms with Crippen molar-refractivity contribution in [2.45, 2.75) is 39.7 Å². The molecule has 2 N–H and O–H groups in total. The molecule has 1 unspecified atom stereocenters. The number of nitrogens with zero attached hydrogens (tertiary/aromatic N) is 1. The maximum Gasteiger partial charge on any atom is 0.0599 e. The molecule has 1 saturated heterocycles. The Labute approximate surface area is 100 Å². The first-order valence-electron chi connectivity index (χ1n) is 6.71. The molecule has 0 aromatic carbocycles. The molecule has 0 saturated carbocycles. The molecular formula is C13H28N2O. The normalized spacial score (nSPS) is 21.6. The first-order chi connectivity index (χ1) is 7.67. The van der Waals surface area contributed by atoms with E-state index in [1.165, 1.54) is 25.9 Å². The second kappa shape index (κ2) is 7.25. The van der Waals surface area contributed by atoms with Gasteiger partial charge in [0.15, 0.2) is 0 Å². The number of likely N-dealkylation sites (tertiary alicyclic amines) is 1. The summed E-state index contributed by atoms with van der Waals surface area (Å²) in [5.74, 6) is 1.33. The third-order valence-corrected chi connectivity index (χ3v) is 3.68. The van der Waals surface area contributed by atoms with Crippen molar-refractivity contribution in [3.63, 3.8) is 0 Å². The molecule has 0 aliphatic carbocycles. The van der Waals surface area contributed by atoms with E-state index >= 15 is 0 Å². The molecule has 1 fully saturated rings. The van der Waals surface area contributed by atoms with Crippen molar-refractivity contribution in [1.29, 1.82) is 0 Å².